The number of hydrogen-bond donors (Lipinski definition) is 2. The maximum absolute atomic E-state index is 13.1. The van der Waals surface area contributed by atoms with Crippen molar-refractivity contribution in [2.24, 2.45) is 7.05 Å². The zero-order valence-electron chi connectivity index (χ0n) is 20.6. The number of aromatic nitrogens is 4. The minimum atomic E-state index is -1.13. The van der Waals surface area contributed by atoms with Gasteiger partial charge >= 0.3 is 5.97 Å². The first-order chi connectivity index (χ1) is 17.8. The lowest BCUT2D eigenvalue weighted by atomic mass is 10.2. The van der Waals surface area contributed by atoms with E-state index in [1.165, 1.54) is 11.6 Å². The number of anilines is 1. The largest absolute Gasteiger partial charge is 0.449 e. The van der Waals surface area contributed by atoms with Crippen molar-refractivity contribution in [2.75, 3.05) is 5.32 Å². The van der Waals surface area contributed by atoms with Crippen molar-refractivity contribution in [1.82, 2.24) is 19.3 Å². The van der Waals surface area contributed by atoms with Gasteiger partial charge in [-0.15, -0.1) is 0 Å². The van der Waals surface area contributed by atoms with Crippen molar-refractivity contribution >= 4 is 28.6 Å². The van der Waals surface area contributed by atoms with E-state index in [0.29, 0.717) is 28.2 Å². The van der Waals surface area contributed by atoms with E-state index in [4.69, 9.17) is 4.74 Å². The number of esters is 1. The molecule has 37 heavy (non-hydrogen) atoms. The average Bonchev–Trinajstić information content (AvgIpc) is 3.43. The Hall–Kier alpha value is -4.92. The molecule has 9 nitrogen and oxygen atoms in total. The molecule has 0 fully saturated rings. The third kappa shape index (κ3) is 4.54. The highest BCUT2D eigenvalue weighted by Gasteiger charge is 2.24. The number of nitrogens with one attached hydrogen (secondary N) is 2. The van der Waals surface area contributed by atoms with Crippen LogP contribution in [-0.4, -0.2) is 37.3 Å². The van der Waals surface area contributed by atoms with E-state index in [1.807, 2.05) is 48.5 Å². The Kier molecular flexibility index (Phi) is 6.19. The van der Waals surface area contributed by atoms with Gasteiger partial charge in [0.2, 0.25) is 0 Å². The fraction of sp³-hybridized carbons (Fsp3) is 0.143. The Labute approximate surface area is 212 Å². The topological polar surface area (TPSA) is 111 Å². The van der Waals surface area contributed by atoms with Crippen LogP contribution in [0, 0.1) is 6.92 Å². The molecule has 5 rings (SSSR count). The molecular formula is C28H25N5O4. The summed E-state index contributed by atoms with van der Waals surface area (Å²) < 4.78 is 8.53. The monoisotopic (exact) mass is 495 g/mol. The Balaban J connectivity index is 1.31. The van der Waals surface area contributed by atoms with Gasteiger partial charge in [0.05, 0.1) is 28.0 Å². The molecule has 186 valence electrons. The third-order valence-corrected chi connectivity index (χ3v) is 6.22. The normalized spacial score (nSPS) is 11.9. The van der Waals surface area contributed by atoms with Crippen LogP contribution in [0.2, 0.25) is 0 Å². The number of nitrogens with zero attached hydrogens (tertiary/aromatic N) is 3. The van der Waals surface area contributed by atoms with Gasteiger partial charge in [-0.1, -0.05) is 48.5 Å². The van der Waals surface area contributed by atoms with Crippen molar-refractivity contribution in [3.05, 3.63) is 100 Å². The molecule has 5 aromatic rings. The highest BCUT2D eigenvalue weighted by molar-refractivity contribution is 5.99. The third-order valence-electron chi connectivity index (χ3n) is 6.22. The van der Waals surface area contributed by atoms with E-state index >= 15 is 0 Å². The van der Waals surface area contributed by atoms with Gasteiger partial charge in [-0.25, -0.2) is 14.5 Å². The summed E-state index contributed by atoms with van der Waals surface area (Å²) in [5.74, 6) is -0.575. The lowest BCUT2D eigenvalue weighted by Gasteiger charge is -2.13. The number of rotatable bonds is 6. The lowest BCUT2D eigenvalue weighted by Crippen LogP contribution is -2.32. The van der Waals surface area contributed by atoms with Gasteiger partial charge in [0.25, 0.3) is 11.5 Å². The number of amides is 1. The van der Waals surface area contributed by atoms with E-state index in [9.17, 15) is 14.4 Å². The predicted molar refractivity (Wildman–Crippen MR) is 141 cm³/mol. The van der Waals surface area contributed by atoms with Crippen molar-refractivity contribution in [2.45, 2.75) is 20.0 Å². The van der Waals surface area contributed by atoms with Crippen molar-refractivity contribution in [3.63, 3.8) is 0 Å². The molecule has 0 radical (unpaired) electrons. The molecule has 9 heteroatoms. The van der Waals surface area contributed by atoms with Gasteiger partial charge in [-0.2, -0.15) is 0 Å². The van der Waals surface area contributed by atoms with E-state index in [-0.39, 0.29) is 16.8 Å². The summed E-state index contributed by atoms with van der Waals surface area (Å²) in [4.78, 5) is 46.5. The molecule has 1 unspecified atom stereocenters. The molecule has 2 aromatic heterocycles. The Morgan fingerprint density at radius 3 is 2.38 bits per heavy atom. The van der Waals surface area contributed by atoms with Gasteiger partial charge < -0.3 is 15.0 Å². The van der Waals surface area contributed by atoms with Crippen LogP contribution in [0.25, 0.3) is 28.1 Å². The number of benzene rings is 3. The molecule has 0 saturated carbocycles. The Bertz CT molecular complexity index is 1670. The van der Waals surface area contributed by atoms with Crippen molar-refractivity contribution in [3.8, 4) is 17.1 Å². The second kappa shape index (κ2) is 9.62. The van der Waals surface area contributed by atoms with Crippen LogP contribution in [-0.2, 0) is 16.6 Å². The van der Waals surface area contributed by atoms with Crippen LogP contribution < -0.4 is 10.9 Å². The number of aromatic amines is 1. The van der Waals surface area contributed by atoms with Crippen LogP contribution in [0.15, 0.2) is 83.7 Å². The summed E-state index contributed by atoms with van der Waals surface area (Å²) in [6.45, 7) is 3.19. The van der Waals surface area contributed by atoms with Crippen LogP contribution in [0.4, 0.5) is 5.69 Å². The van der Waals surface area contributed by atoms with Crippen molar-refractivity contribution in [1.29, 1.82) is 0 Å². The lowest BCUT2D eigenvalue weighted by molar-refractivity contribution is -0.123. The summed E-state index contributed by atoms with van der Waals surface area (Å²) in [7, 11) is 1.73. The minimum absolute atomic E-state index is 0.131. The van der Waals surface area contributed by atoms with Gasteiger partial charge in [-0.05, 0) is 44.2 Å². The second-order valence-corrected chi connectivity index (χ2v) is 8.66. The number of para-hydroxylation sites is 1. The van der Waals surface area contributed by atoms with Crippen molar-refractivity contribution < 1.29 is 14.3 Å². The quantitative estimate of drug-likeness (QED) is 0.343. The minimum Gasteiger partial charge on any atom is -0.449 e. The van der Waals surface area contributed by atoms with E-state index in [1.54, 1.807) is 49.0 Å². The molecule has 1 atom stereocenters. The fourth-order valence-electron chi connectivity index (χ4n) is 4.09. The van der Waals surface area contributed by atoms with Crippen LogP contribution in [0.1, 0.15) is 23.0 Å². The molecule has 0 aliphatic heterocycles. The van der Waals surface area contributed by atoms with E-state index < -0.39 is 18.0 Å². The summed E-state index contributed by atoms with van der Waals surface area (Å²) >= 11 is 0. The maximum Gasteiger partial charge on any atom is 0.338 e. The van der Waals surface area contributed by atoms with E-state index in [0.717, 1.165) is 5.56 Å². The van der Waals surface area contributed by atoms with Crippen LogP contribution in [0.3, 0.4) is 0 Å². The van der Waals surface area contributed by atoms with Gasteiger partial charge in [-0.3, -0.25) is 14.3 Å². The van der Waals surface area contributed by atoms with E-state index in [2.05, 4.69) is 15.3 Å². The molecule has 1 amide bonds. The Morgan fingerprint density at radius 1 is 1.00 bits per heavy atom. The Morgan fingerprint density at radius 2 is 1.68 bits per heavy atom. The highest BCUT2D eigenvalue weighted by Crippen LogP contribution is 2.22. The summed E-state index contributed by atoms with van der Waals surface area (Å²) in [5, 5.41) is 2.63. The van der Waals surface area contributed by atoms with Crippen LogP contribution >= 0.6 is 0 Å². The average molecular weight is 496 g/mol. The molecule has 3 aromatic carbocycles. The molecule has 2 heterocycles. The van der Waals surface area contributed by atoms with Gasteiger partial charge in [0.15, 0.2) is 6.10 Å². The predicted octanol–water partition coefficient (Wildman–Crippen LogP) is 4.21. The summed E-state index contributed by atoms with van der Waals surface area (Å²) in [6.07, 6.45) is -1.13. The molecule has 0 saturated heterocycles. The van der Waals surface area contributed by atoms with Gasteiger partial charge in [0.1, 0.15) is 11.5 Å². The molecule has 0 spiro atoms. The number of fused-ring (bicyclic) bond motifs is 1. The number of imidazole rings is 1. The van der Waals surface area contributed by atoms with Gasteiger partial charge in [0, 0.05) is 12.6 Å². The first-order valence-corrected chi connectivity index (χ1v) is 11.7. The fourth-order valence-corrected chi connectivity index (χ4v) is 4.09. The zero-order valence-corrected chi connectivity index (χ0v) is 20.6. The molecule has 0 aliphatic carbocycles. The molecule has 0 bridgehead atoms. The SMILES string of the molecule is Cc1c(NC(=O)C(C)OC(=O)c2ccc3nc(-c4ccccc4)[nH]c3c2)c(=O)n(-c2ccccc2)n1C. The molecule has 0 aliphatic rings. The first-order valence-electron chi connectivity index (χ1n) is 11.7. The number of hydrogen-bond acceptors (Lipinski definition) is 5. The molecule has 2 N–H and O–H groups in total. The first kappa shape index (κ1) is 23.8. The number of carbonyl (C=O) groups is 2. The maximum atomic E-state index is 13.1. The second-order valence-electron chi connectivity index (χ2n) is 8.66. The standard InChI is InChI=1S/C28H25N5O4/c1-17-24(27(35)33(32(17)3)21-12-8-5-9-13-21)31-26(34)18(2)37-28(36)20-14-15-22-23(16-20)30-25(29-22)19-10-6-4-7-11-19/h4-16,18H,1-3H3,(H,29,30)(H,31,34). The molecular weight excluding hydrogens is 470 g/mol. The number of ether oxygens (including phenoxy) is 1. The summed E-state index contributed by atoms with van der Waals surface area (Å²) in [6, 6.07) is 23.7. The summed E-state index contributed by atoms with van der Waals surface area (Å²) in [5.41, 5.74) is 3.57. The smallest absolute Gasteiger partial charge is 0.338 e. The number of H-pyrrole nitrogens is 1. The number of carbonyl (C=O) groups excluding carboxylic acids is 2. The zero-order chi connectivity index (χ0) is 26.1. The highest BCUT2D eigenvalue weighted by atomic mass is 16.5. The van der Waals surface area contributed by atoms with Crippen LogP contribution in [0.5, 0.6) is 0 Å².